The Labute approximate surface area is 124 Å². The predicted octanol–water partition coefficient (Wildman–Crippen LogP) is 3.23. The topological polar surface area (TPSA) is 55.1 Å². The summed E-state index contributed by atoms with van der Waals surface area (Å²) in [5.41, 5.74) is 5.67. The number of rotatable bonds is 5. The largest absolute Gasteiger partial charge is 0.356 e. The molecule has 0 atom stereocenters. The first-order chi connectivity index (χ1) is 9.66. The molecule has 0 saturated heterocycles. The molecule has 2 rings (SSSR count). The average Bonchev–Trinajstić information content (AvgIpc) is 2.49. The zero-order valence-corrected chi connectivity index (χ0v) is 13.1. The smallest absolute Gasteiger partial charge is 0.227 e. The van der Waals surface area contributed by atoms with Crippen molar-refractivity contribution in [3.05, 3.63) is 0 Å². The Morgan fingerprint density at radius 1 is 1.15 bits per heavy atom. The van der Waals surface area contributed by atoms with Gasteiger partial charge in [-0.3, -0.25) is 4.79 Å². The van der Waals surface area contributed by atoms with Gasteiger partial charge in [0.05, 0.1) is 5.41 Å². The van der Waals surface area contributed by atoms with E-state index in [-0.39, 0.29) is 11.3 Å². The number of nitrogens with one attached hydrogen (secondary N) is 1. The van der Waals surface area contributed by atoms with Crippen LogP contribution in [0.2, 0.25) is 0 Å². The fourth-order valence-corrected chi connectivity index (χ4v) is 3.89. The van der Waals surface area contributed by atoms with Crippen LogP contribution in [-0.2, 0) is 4.79 Å². The molecule has 3 nitrogen and oxygen atoms in total. The Morgan fingerprint density at radius 2 is 1.80 bits per heavy atom. The molecule has 116 valence electrons. The maximum atomic E-state index is 12.5. The van der Waals surface area contributed by atoms with Crippen molar-refractivity contribution < 1.29 is 4.79 Å². The van der Waals surface area contributed by atoms with E-state index in [2.05, 4.69) is 12.2 Å². The van der Waals surface area contributed by atoms with E-state index < -0.39 is 0 Å². The maximum absolute atomic E-state index is 12.5. The Hall–Kier alpha value is -0.570. The van der Waals surface area contributed by atoms with Crippen LogP contribution >= 0.6 is 0 Å². The lowest BCUT2D eigenvalue weighted by Crippen LogP contribution is -2.48. The Morgan fingerprint density at radius 3 is 2.40 bits per heavy atom. The van der Waals surface area contributed by atoms with Gasteiger partial charge in [0.2, 0.25) is 5.91 Å². The fourth-order valence-electron chi connectivity index (χ4n) is 3.89. The van der Waals surface area contributed by atoms with Crippen LogP contribution in [0.5, 0.6) is 0 Å². The number of hydrogen-bond acceptors (Lipinski definition) is 2. The minimum absolute atomic E-state index is 0.225. The summed E-state index contributed by atoms with van der Waals surface area (Å²) in [7, 11) is 0. The molecule has 2 saturated carbocycles. The van der Waals surface area contributed by atoms with Gasteiger partial charge in [-0.1, -0.05) is 39.0 Å². The third-order valence-electron chi connectivity index (χ3n) is 5.67. The molecule has 2 aliphatic rings. The van der Waals surface area contributed by atoms with Crippen LogP contribution in [-0.4, -0.2) is 19.0 Å². The Kier molecular flexibility index (Phi) is 5.88. The van der Waals surface area contributed by atoms with Crippen molar-refractivity contribution in [2.24, 2.45) is 23.0 Å². The van der Waals surface area contributed by atoms with Crippen LogP contribution in [0.25, 0.3) is 0 Å². The SMILES string of the molecule is CC1CCC(CN)(C(=O)NCCC2CCCCC2)CC1. The van der Waals surface area contributed by atoms with Crippen molar-refractivity contribution in [1.82, 2.24) is 5.32 Å². The second-order valence-electron chi connectivity index (χ2n) is 7.22. The molecule has 3 heteroatoms. The summed E-state index contributed by atoms with van der Waals surface area (Å²) in [6, 6.07) is 0. The van der Waals surface area contributed by atoms with Crippen LogP contribution in [0.15, 0.2) is 0 Å². The van der Waals surface area contributed by atoms with Crippen LogP contribution < -0.4 is 11.1 Å². The minimum atomic E-state index is -0.265. The van der Waals surface area contributed by atoms with Crippen LogP contribution in [0, 0.1) is 17.3 Å². The van der Waals surface area contributed by atoms with E-state index in [1.54, 1.807) is 0 Å². The molecule has 0 spiro atoms. The average molecular weight is 280 g/mol. The minimum Gasteiger partial charge on any atom is -0.356 e. The highest BCUT2D eigenvalue weighted by atomic mass is 16.2. The van der Waals surface area contributed by atoms with Gasteiger partial charge in [-0.05, 0) is 43.9 Å². The fraction of sp³-hybridized carbons (Fsp3) is 0.941. The molecule has 0 bridgehead atoms. The number of carbonyl (C=O) groups is 1. The predicted molar refractivity (Wildman–Crippen MR) is 83.3 cm³/mol. The number of hydrogen-bond donors (Lipinski definition) is 2. The molecule has 3 N–H and O–H groups in total. The molecule has 20 heavy (non-hydrogen) atoms. The summed E-state index contributed by atoms with van der Waals surface area (Å²) < 4.78 is 0. The molecule has 0 aromatic heterocycles. The van der Waals surface area contributed by atoms with Crippen molar-refractivity contribution in [2.75, 3.05) is 13.1 Å². The normalized spacial score (nSPS) is 32.0. The van der Waals surface area contributed by atoms with Gasteiger partial charge in [-0.2, -0.15) is 0 Å². The highest BCUT2D eigenvalue weighted by molar-refractivity contribution is 5.83. The third-order valence-corrected chi connectivity index (χ3v) is 5.67. The van der Waals surface area contributed by atoms with Crippen molar-refractivity contribution in [2.45, 2.75) is 71.1 Å². The van der Waals surface area contributed by atoms with Gasteiger partial charge in [0.1, 0.15) is 0 Å². The van der Waals surface area contributed by atoms with Gasteiger partial charge in [-0.15, -0.1) is 0 Å². The van der Waals surface area contributed by atoms with E-state index in [9.17, 15) is 4.79 Å². The lowest BCUT2D eigenvalue weighted by atomic mass is 9.70. The second-order valence-corrected chi connectivity index (χ2v) is 7.22. The quantitative estimate of drug-likeness (QED) is 0.812. The summed E-state index contributed by atoms with van der Waals surface area (Å²) in [5.74, 6) is 1.82. The standard InChI is InChI=1S/C17H32N2O/c1-14-7-10-17(13-18,11-8-14)16(20)19-12-9-15-5-3-2-4-6-15/h14-15H,2-13,18H2,1H3,(H,19,20). The van der Waals surface area contributed by atoms with E-state index in [1.165, 1.54) is 32.1 Å². The summed E-state index contributed by atoms with van der Waals surface area (Å²) in [6.07, 6.45) is 12.3. The lowest BCUT2D eigenvalue weighted by Gasteiger charge is -2.37. The second kappa shape index (κ2) is 7.44. The van der Waals surface area contributed by atoms with Crippen molar-refractivity contribution >= 4 is 5.91 Å². The Bertz CT molecular complexity index is 302. The molecule has 2 aliphatic carbocycles. The van der Waals surface area contributed by atoms with Crippen LogP contribution in [0.3, 0.4) is 0 Å². The molecule has 0 aliphatic heterocycles. The van der Waals surface area contributed by atoms with Crippen molar-refractivity contribution in [3.8, 4) is 0 Å². The first kappa shape index (κ1) is 15.8. The zero-order valence-electron chi connectivity index (χ0n) is 13.1. The Balaban J connectivity index is 1.74. The molecule has 2 fully saturated rings. The molecule has 0 radical (unpaired) electrons. The molecular weight excluding hydrogens is 248 g/mol. The van der Waals surface area contributed by atoms with Gasteiger partial charge in [-0.25, -0.2) is 0 Å². The monoisotopic (exact) mass is 280 g/mol. The summed E-state index contributed by atoms with van der Waals surface area (Å²) >= 11 is 0. The van der Waals surface area contributed by atoms with Gasteiger partial charge in [0, 0.05) is 13.1 Å². The van der Waals surface area contributed by atoms with Crippen molar-refractivity contribution in [1.29, 1.82) is 0 Å². The highest BCUT2D eigenvalue weighted by Gasteiger charge is 2.39. The molecule has 0 heterocycles. The molecular formula is C17H32N2O. The van der Waals surface area contributed by atoms with Crippen molar-refractivity contribution in [3.63, 3.8) is 0 Å². The van der Waals surface area contributed by atoms with Crippen LogP contribution in [0.1, 0.15) is 71.1 Å². The zero-order chi connectivity index (χ0) is 14.4. The number of carbonyl (C=O) groups excluding carboxylic acids is 1. The van der Waals surface area contributed by atoms with E-state index in [4.69, 9.17) is 5.73 Å². The third kappa shape index (κ3) is 3.97. The number of nitrogens with two attached hydrogens (primary N) is 1. The van der Waals surface area contributed by atoms with E-state index in [0.717, 1.165) is 50.5 Å². The van der Waals surface area contributed by atoms with E-state index >= 15 is 0 Å². The van der Waals surface area contributed by atoms with E-state index in [0.29, 0.717) is 6.54 Å². The molecule has 0 aromatic rings. The van der Waals surface area contributed by atoms with Gasteiger partial charge >= 0.3 is 0 Å². The first-order valence-corrected chi connectivity index (χ1v) is 8.65. The summed E-state index contributed by atoms with van der Waals surface area (Å²) in [5, 5.41) is 3.19. The maximum Gasteiger partial charge on any atom is 0.227 e. The molecule has 1 amide bonds. The molecule has 0 aromatic carbocycles. The number of amides is 1. The van der Waals surface area contributed by atoms with E-state index in [1.807, 2.05) is 0 Å². The van der Waals surface area contributed by atoms with Gasteiger partial charge < -0.3 is 11.1 Å². The first-order valence-electron chi connectivity index (χ1n) is 8.65. The highest BCUT2D eigenvalue weighted by Crippen LogP contribution is 2.38. The van der Waals surface area contributed by atoms with Crippen LogP contribution in [0.4, 0.5) is 0 Å². The summed E-state index contributed by atoms with van der Waals surface area (Å²) in [6.45, 7) is 3.64. The van der Waals surface area contributed by atoms with Gasteiger partial charge in [0.15, 0.2) is 0 Å². The summed E-state index contributed by atoms with van der Waals surface area (Å²) in [4.78, 5) is 12.5. The lowest BCUT2D eigenvalue weighted by molar-refractivity contribution is -0.132. The van der Waals surface area contributed by atoms with Gasteiger partial charge in [0.25, 0.3) is 0 Å². The molecule has 0 unspecified atom stereocenters.